The van der Waals surface area contributed by atoms with Gasteiger partial charge in [-0.25, -0.2) is 0 Å². The van der Waals surface area contributed by atoms with Crippen LogP contribution in [0.5, 0.6) is 0 Å². The normalized spacial score (nSPS) is 17.3. The maximum Gasteiger partial charge on any atom is 0.0346 e. The van der Waals surface area contributed by atoms with Gasteiger partial charge in [0.25, 0.3) is 0 Å². The summed E-state index contributed by atoms with van der Waals surface area (Å²) in [6.07, 6.45) is 13.0. The molecule has 0 saturated carbocycles. The standard InChI is InChI=1S/C68H56/c1-66(2,3)53-36-51-25-24-47-26-31-54(59-35-30-52(37-53)64(51)65(47)59)46-22-20-44(21-23-46)42-14-12-41(13-15-42)43-16-18-45(19-17-43)48-27-32-57-58-34-29-50(40-63(58)68(6,7)62(57)38-48)49-28-33-56-55-10-8-9-11-60(55)67(4,5)61(56)39-49/h8-34,36-40,64H,35H2,1-7H3. The molecule has 328 valence electrons. The third-order valence-corrected chi connectivity index (χ3v) is 16.4. The first-order valence-electron chi connectivity index (χ1n) is 24.6. The van der Waals surface area contributed by atoms with Crippen molar-refractivity contribution in [3.05, 3.63) is 244 Å². The summed E-state index contributed by atoms with van der Waals surface area (Å²) in [5, 5.41) is 0. The van der Waals surface area contributed by atoms with Gasteiger partial charge in [0.05, 0.1) is 0 Å². The van der Waals surface area contributed by atoms with E-state index in [2.05, 4.69) is 243 Å². The second kappa shape index (κ2) is 14.6. The van der Waals surface area contributed by atoms with E-state index in [1.165, 1.54) is 134 Å². The van der Waals surface area contributed by atoms with Crippen LogP contribution in [0.4, 0.5) is 0 Å². The number of fused-ring (bicyclic) bond motifs is 6. The fraction of sp³-hybridized carbons (Fsp3) is 0.176. The van der Waals surface area contributed by atoms with Crippen LogP contribution in [-0.2, 0) is 17.3 Å². The minimum atomic E-state index is -0.117. The predicted octanol–water partition coefficient (Wildman–Crippen LogP) is 18.1. The highest BCUT2D eigenvalue weighted by Gasteiger charge is 2.38. The van der Waals surface area contributed by atoms with E-state index in [0.29, 0.717) is 5.92 Å². The topological polar surface area (TPSA) is 0 Å². The van der Waals surface area contributed by atoms with Crippen LogP contribution in [0.3, 0.4) is 0 Å². The molecule has 0 heteroatoms. The van der Waals surface area contributed by atoms with Crippen molar-refractivity contribution in [1.82, 2.24) is 0 Å². The quantitative estimate of drug-likeness (QED) is 0.162. The number of allylic oxidation sites excluding steroid dienone is 7. The maximum atomic E-state index is 2.48. The van der Waals surface area contributed by atoms with Crippen molar-refractivity contribution in [2.75, 3.05) is 0 Å². The van der Waals surface area contributed by atoms with E-state index < -0.39 is 0 Å². The minimum absolute atomic E-state index is 0.0173. The molecule has 5 aliphatic carbocycles. The molecule has 1 atom stereocenters. The fourth-order valence-electron chi connectivity index (χ4n) is 12.4. The minimum Gasteiger partial charge on any atom is -0.0759 e. The second-order valence-corrected chi connectivity index (χ2v) is 22.1. The van der Waals surface area contributed by atoms with Gasteiger partial charge in [0.1, 0.15) is 0 Å². The van der Waals surface area contributed by atoms with Crippen LogP contribution in [-0.4, -0.2) is 0 Å². The summed E-state index contributed by atoms with van der Waals surface area (Å²) in [5.74, 6) is 0.341. The van der Waals surface area contributed by atoms with Gasteiger partial charge in [-0.15, -0.1) is 0 Å². The Balaban J connectivity index is 0.721. The first-order chi connectivity index (χ1) is 32.8. The summed E-state index contributed by atoms with van der Waals surface area (Å²) in [5.41, 5.74) is 32.4. The van der Waals surface area contributed by atoms with E-state index in [0.717, 1.165) is 6.42 Å². The van der Waals surface area contributed by atoms with Crippen molar-refractivity contribution in [3.63, 3.8) is 0 Å². The average Bonchev–Trinajstić information content (AvgIpc) is 3.73. The van der Waals surface area contributed by atoms with Gasteiger partial charge in [-0.3, -0.25) is 0 Å². The van der Waals surface area contributed by atoms with Gasteiger partial charge >= 0.3 is 0 Å². The Morgan fingerprint density at radius 1 is 0.397 bits per heavy atom. The summed E-state index contributed by atoms with van der Waals surface area (Å²) in [7, 11) is 0. The number of hydrogen-bond donors (Lipinski definition) is 0. The Morgan fingerprint density at radius 3 is 1.35 bits per heavy atom. The molecule has 0 nitrogen and oxygen atoms in total. The molecule has 1 unspecified atom stereocenters. The summed E-state index contributed by atoms with van der Waals surface area (Å²) < 4.78 is 0. The first kappa shape index (κ1) is 41.0. The molecule has 8 aromatic rings. The molecule has 0 aromatic heterocycles. The molecule has 8 aromatic carbocycles. The maximum absolute atomic E-state index is 2.48. The Labute approximate surface area is 402 Å². The smallest absolute Gasteiger partial charge is 0.0346 e. The lowest BCUT2D eigenvalue weighted by Crippen LogP contribution is -2.21. The van der Waals surface area contributed by atoms with Gasteiger partial charge in [0.15, 0.2) is 0 Å². The zero-order valence-electron chi connectivity index (χ0n) is 40.3. The summed E-state index contributed by atoms with van der Waals surface area (Å²) in [4.78, 5) is 0. The molecule has 5 aliphatic rings. The van der Waals surface area contributed by atoms with Crippen LogP contribution >= 0.6 is 0 Å². The van der Waals surface area contributed by atoms with Crippen molar-refractivity contribution in [2.45, 2.75) is 71.6 Å². The van der Waals surface area contributed by atoms with Gasteiger partial charge in [-0.1, -0.05) is 224 Å². The molecule has 0 fully saturated rings. The van der Waals surface area contributed by atoms with Crippen molar-refractivity contribution >= 4 is 6.08 Å². The molecule has 0 saturated heterocycles. The molecule has 0 bridgehead atoms. The van der Waals surface area contributed by atoms with E-state index in [4.69, 9.17) is 0 Å². The SMILES string of the molecule is CC(C)(C)C1=CC2=CCc3c(-c4ccc(-c5ccc(-c6ccc(-c7ccc8c(c7)C(C)(C)c7cc(-c9ccc%10c(c9)C(C)(C)c9ccccc9-%10)ccc7-8)cc6)cc5)cc4)ccc4c3C2C(=C1)C=C4. The number of benzene rings is 8. The second-order valence-electron chi connectivity index (χ2n) is 22.1. The van der Waals surface area contributed by atoms with E-state index in [-0.39, 0.29) is 16.2 Å². The molecule has 13 rings (SSSR count). The highest BCUT2D eigenvalue weighted by atomic mass is 14.4. The van der Waals surface area contributed by atoms with Crippen molar-refractivity contribution < 1.29 is 0 Å². The first-order valence-corrected chi connectivity index (χ1v) is 24.6. The average molecular weight is 873 g/mol. The molecular formula is C68H56. The molecule has 68 heavy (non-hydrogen) atoms. The van der Waals surface area contributed by atoms with Gasteiger partial charge in [0.2, 0.25) is 0 Å². The highest BCUT2D eigenvalue weighted by molar-refractivity contribution is 5.88. The lowest BCUT2D eigenvalue weighted by molar-refractivity contribution is 0.513. The molecule has 0 spiro atoms. The molecule has 0 aliphatic heterocycles. The van der Waals surface area contributed by atoms with Crippen molar-refractivity contribution in [3.8, 4) is 77.9 Å². The highest BCUT2D eigenvalue weighted by Crippen LogP contribution is 2.54. The van der Waals surface area contributed by atoms with E-state index in [1.807, 2.05) is 0 Å². The Morgan fingerprint density at radius 2 is 0.824 bits per heavy atom. The Kier molecular flexibility index (Phi) is 8.80. The lowest BCUT2D eigenvalue weighted by Gasteiger charge is -2.37. The van der Waals surface area contributed by atoms with Crippen molar-refractivity contribution in [2.24, 2.45) is 5.41 Å². The summed E-state index contributed by atoms with van der Waals surface area (Å²) in [6, 6.07) is 62.4. The van der Waals surface area contributed by atoms with Crippen LogP contribution in [0.25, 0.3) is 84.0 Å². The van der Waals surface area contributed by atoms with Crippen LogP contribution in [0.15, 0.2) is 205 Å². The van der Waals surface area contributed by atoms with Gasteiger partial charge in [0, 0.05) is 16.7 Å². The number of rotatable bonds is 5. The molecule has 0 amide bonds. The van der Waals surface area contributed by atoms with Gasteiger partial charge in [-0.05, 0) is 164 Å². The lowest BCUT2D eigenvalue weighted by atomic mass is 9.67. The van der Waals surface area contributed by atoms with Gasteiger partial charge in [-0.2, -0.15) is 0 Å². The third kappa shape index (κ3) is 6.19. The predicted molar refractivity (Wildman–Crippen MR) is 288 cm³/mol. The van der Waals surface area contributed by atoms with Crippen molar-refractivity contribution in [1.29, 1.82) is 0 Å². The van der Waals surface area contributed by atoms with Crippen LogP contribution in [0.1, 0.15) is 93.3 Å². The van der Waals surface area contributed by atoms with Crippen LogP contribution < -0.4 is 0 Å². The summed E-state index contributed by atoms with van der Waals surface area (Å²) in [6.45, 7) is 16.5. The number of hydrogen-bond acceptors (Lipinski definition) is 0. The van der Waals surface area contributed by atoms with Gasteiger partial charge < -0.3 is 0 Å². The largest absolute Gasteiger partial charge is 0.0759 e. The van der Waals surface area contributed by atoms with E-state index in [1.54, 1.807) is 0 Å². The summed E-state index contributed by atoms with van der Waals surface area (Å²) >= 11 is 0. The van der Waals surface area contributed by atoms with Crippen LogP contribution in [0.2, 0.25) is 0 Å². The molecular weight excluding hydrogens is 817 g/mol. The fourth-order valence-corrected chi connectivity index (χ4v) is 12.4. The molecule has 0 heterocycles. The Hall–Kier alpha value is -7.28. The van der Waals surface area contributed by atoms with E-state index in [9.17, 15) is 0 Å². The third-order valence-electron chi connectivity index (χ3n) is 16.4. The van der Waals surface area contributed by atoms with Crippen LogP contribution in [0, 0.1) is 5.41 Å². The zero-order valence-corrected chi connectivity index (χ0v) is 40.3. The van der Waals surface area contributed by atoms with E-state index >= 15 is 0 Å². The molecule has 0 N–H and O–H groups in total. The molecule has 0 radical (unpaired) electrons. The monoisotopic (exact) mass is 872 g/mol. The zero-order chi connectivity index (χ0) is 46.3. The Bertz CT molecular complexity index is 3570.